The molecule has 4 heteroatoms. The van der Waals surface area contributed by atoms with Gasteiger partial charge in [-0.1, -0.05) is 36.9 Å². The fraction of sp³-hybridized carbons (Fsp3) is 0.231. The standard InChI is InChI=1S/C13H13NO3/c1-10(7-12(15)8-14)13(16)17-9-11-5-3-2-4-6-11/h2-6,12,15H,1,7,9H2/t12-/m0/s1. The Morgan fingerprint density at radius 1 is 1.47 bits per heavy atom. The number of nitriles is 1. The number of benzene rings is 1. The molecule has 0 bridgehead atoms. The third-order valence-electron chi connectivity index (χ3n) is 2.09. The summed E-state index contributed by atoms with van der Waals surface area (Å²) in [5.74, 6) is -0.594. The van der Waals surface area contributed by atoms with Crippen LogP contribution in [0.4, 0.5) is 0 Å². The lowest BCUT2D eigenvalue weighted by atomic mass is 10.1. The second-order valence-electron chi connectivity index (χ2n) is 3.51. The van der Waals surface area contributed by atoms with Gasteiger partial charge >= 0.3 is 5.97 Å². The van der Waals surface area contributed by atoms with E-state index in [0.29, 0.717) is 0 Å². The molecule has 0 aliphatic carbocycles. The van der Waals surface area contributed by atoms with Gasteiger partial charge in [0, 0.05) is 12.0 Å². The lowest BCUT2D eigenvalue weighted by Crippen LogP contribution is -2.12. The number of carbonyl (C=O) groups excluding carboxylic acids is 1. The number of esters is 1. The van der Waals surface area contributed by atoms with E-state index in [1.54, 1.807) is 6.07 Å². The zero-order valence-corrected chi connectivity index (χ0v) is 9.30. The van der Waals surface area contributed by atoms with E-state index in [4.69, 9.17) is 15.1 Å². The van der Waals surface area contributed by atoms with Crippen molar-refractivity contribution in [2.24, 2.45) is 0 Å². The molecule has 0 aliphatic heterocycles. The molecule has 4 nitrogen and oxygen atoms in total. The van der Waals surface area contributed by atoms with Crippen molar-refractivity contribution in [3.63, 3.8) is 0 Å². The molecule has 0 amide bonds. The third-order valence-corrected chi connectivity index (χ3v) is 2.09. The molecule has 88 valence electrons. The van der Waals surface area contributed by atoms with Crippen molar-refractivity contribution in [2.45, 2.75) is 19.1 Å². The highest BCUT2D eigenvalue weighted by Crippen LogP contribution is 2.07. The Kier molecular flexibility index (Phi) is 4.92. The van der Waals surface area contributed by atoms with E-state index in [0.717, 1.165) is 5.56 Å². The topological polar surface area (TPSA) is 70.3 Å². The Morgan fingerprint density at radius 3 is 2.71 bits per heavy atom. The second kappa shape index (κ2) is 6.46. The van der Waals surface area contributed by atoms with Crippen molar-refractivity contribution in [2.75, 3.05) is 0 Å². The predicted octanol–water partition coefficient (Wildman–Crippen LogP) is 1.56. The smallest absolute Gasteiger partial charge is 0.333 e. The molecule has 17 heavy (non-hydrogen) atoms. The van der Waals surface area contributed by atoms with Crippen LogP contribution < -0.4 is 0 Å². The second-order valence-corrected chi connectivity index (χ2v) is 3.51. The van der Waals surface area contributed by atoms with E-state index in [1.807, 2.05) is 30.3 Å². The summed E-state index contributed by atoms with van der Waals surface area (Å²) in [5.41, 5.74) is 0.962. The summed E-state index contributed by atoms with van der Waals surface area (Å²) in [6, 6.07) is 10.8. The number of hydrogen-bond donors (Lipinski definition) is 1. The first-order chi connectivity index (χ1) is 8.13. The normalized spacial score (nSPS) is 11.3. The summed E-state index contributed by atoms with van der Waals surface area (Å²) in [5, 5.41) is 17.4. The van der Waals surface area contributed by atoms with Gasteiger partial charge in [0.1, 0.15) is 12.7 Å². The number of hydrogen-bond acceptors (Lipinski definition) is 4. The van der Waals surface area contributed by atoms with Crippen LogP contribution in [0.2, 0.25) is 0 Å². The van der Waals surface area contributed by atoms with Crippen LogP contribution in [0.1, 0.15) is 12.0 Å². The minimum Gasteiger partial charge on any atom is -0.457 e. The summed E-state index contributed by atoms with van der Waals surface area (Å²) in [4.78, 5) is 11.4. The molecule has 0 saturated heterocycles. The van der Waals surface area contributed by atoms with Gasteiger partial charge in [-0.3, -0.25) is 0 Å². The minimum absolute atomic E-state index is 0.0926. The number of aliphatic hydroxyl groups is 1. The minimum atomic E-state index is -1.22. The van der Waals surface area contributed by atoms with Crippen LogP contribution in [-0.2, 0) is 16.1 Å². The van der Waals surface area contributed by atoms with Gasteiger partial charge < -0.3 is 9.84 Å². The number of ether oxygens (including phenoxy) is 1. The SMILES string of the molecule is C=C(C[C@H](O)C#N)C(=O)OCc1ccccc1. The van der Waals surface area contributed by atoms with Gasteiger partial charge in [0.25, 0.3) is 0 Å². The molecule has 0 aromatic heterocycles. The average molecular weight is 231 g/mol. The summed E-state index contributed by atoms with van der Waals surface area (Å²) in [6.45, 7) is 3.62. The fourth-order valence-electron chi connectivity index (χ4n) is 1.19. The van der Waals surface area contributed by atoms with Crippen molar-refractivity contribution in [3.05, 3.63) is 48.0 Å². The number of nitrogens with zero attached hydrogens (tertiary/aromatic N) is 1. The molecule has 1 aromatic carbocycles. The highest BCUT2D eigenvalue weighted by atomic mass is 16.5. The first-order valence-electron chi connectivity index (χ1n) is 5.10. The molecule has 1 aromatic rings. The first-order valence-corrected chi connectivity index (χ1v) is 5.10. The Morgan fingerprint density at radius 2 is 2.12 bits per heavy atom. The Labute approximate surface area is 99.8 Å². The van der Waals surface area contributed by atoms with Crippen molar-refractivity contribution < 1.29 is 14.6 Å². The van der Waals surface area contributed by atoms with Gasteiger partial charge in [0.15, 0.2) is 0 Å². The van der Waals surface area contributed by atoms with Gasteiger partial charge in [0.05, 0.1) is 6.07 Å². The number of carbonyl (C=O) groups is 1. The molecule has 0 spiro atoms. The highest BCUT2D eigenvalue weighted by Gasteiger charge is 2.13. The van der Waals surface area contributed by atoms with Crippen LogP contribution in [-0.4, -0.2) is 17.2 Å². The maximum absolute atomic E-state index is 11.4. The molecule has 0 unspecified atom stereocenters. The van der Waals surface area contributed by atoms with Gasteiger partial charge in [-0.25, -0.2) is 4.79 Å². The van der Waals surface area contributed by atoms with Crippen molar-refractivity contribution in [1.82, 2.24) is 0 Å². The van der Waals surface area contributed by atoms with E-state index < -0.39 is 12.1 Å². The lowest BCUT2D eigenvalue weighted by Gasteiger charge is -2.07. The summed E-state index contributed by atoms with van der Waals surface area (Å²) < 4.78 is 4.98. The van der Waals surface area contributed by atoms with Gasteiger partial charge in [-0.2, -0.15) is 5.26 Å². The van der Waals surface area contributed by atoms with Crippen LogP contribution in [0.3, 0.4) is 0 Å². The highest BCUT2D eigenvalue weighted by molar-refractivity contribution is 5.87. The molecular weight excluding hydrogens is 218 g/mol. The van der Waals surface area contributed by atoms with Crippen LogP contribution >= 0.6 is 0 Å². The molecule has 1 rings (SSSR count). The van der Waals surface area contributed by atoms with Gasteiger partial charge in [0.2, 0.25) is 0 Å². The zero-order valence-electron chi connectivity index (χ0n) is 9.30. The van der Waals surface area contributed by atoms with Gasteiger partial charge in [-0.05, 0) is 5.56 Å². The summed E-state index contributed by atoms with van der Waals surface area (Å²) in [7, 11) is 0. The summed E-state index contributed by atoms with van der Waals surface area (Å²) in [6.07, 6.45) is -1.31. The van der Waals surface area contributed by atoms with Gasteiger partial charge in [-0.15, -0.1) is 0 Å². The van der Waals surface area contributed by atoms with Crippen molar-refractivity contribution >= 4 is 5.97 Å². The Balaban J connectivity index is 2.40. The molecule has 0 aliphatic rings. The van der Waals surface area contributed by atoms with Crippen molar-refractivity contribution in [3.8, 4) is 6.07 Å². The molecule has 0 heterocycles. The van der Waals surface area contributed by atoms with Crippen molar-refractivity contribution in [1.29, 1.82) is 5.26 Å². The molecular formula is C13H13NO3. The van der Waals surface area contributed by atoms with E-state index >= 15 is 0 Å². The fourth-order valence-corrected chi connectivity index (χ4v) is 1.19. The summed E-state index contributed by atoms with van der Waals surface area (Å²) >= 11 is 0. The van der Waals surface area contributed by atoms with Crippen LogP contribution in [0, 0.1) is 11.3 Å². The predicted molar refractivity (Wildman–Crippen MR) is 61.6 cm³/mol. The van der Waals surface area contributed by atoms with E-state index in [2.05, 4.69) is 6.58 Å². The Bertz CT molecular complexity index is 434. The average Bonchev–Trinajstić information content (AvgIpc) is 2.36. The molecule has 1 N–H and O–H groups in total. The molecule has 0 saturated carbocycles. The first kappa shape index (κ1) is 12.9. The number of rotatable bonds is 5. The molecule has 0 fully saturated rings. The molecule has 0 radical (unpaired) electrons. The van der Waals surface area contributed by atoms with E-state index in [9.17, 15) is 4.79 Å². The van der Waals surface area contributed by atoms with Crippen LogP contribution in [0.15, 0.2) is 42.5 Å². The zero-order chi connectivity index (χ0) is 12.7. The monoisotopic (exact) mass is 231 g/mol. The largest absolute Gasteiger partial charge is 0.457 e. The number of aliphatic hydroxyl groups excluding tert-OH is 1. The van der Waals surface area contributed by atoms with Crippen LogP contribution in [0.5, 0.6) is 0 Å². The maximum Gasteiger partial charge on any atom is 0.333 e. The van der Waals surface area contributed by atoms with E-state index in [1.165, 1.54) is 0 Å². The Hall–Kier alpha value is -2.12. The van der Waals surface area contributed by atoms with E-state index in [-0.39, 0.29) is 18.6 Å². The lowest BCUT2D eigenvalue weighted by molar-refractivity contribution is -0.140. The quantitative estimate of drug-likeness (QED) is 0.474. The van der Waals surface area contributed by atoms with Crippen LogP contribution in [0.25, 0.3) is 0 Å². The molecule has 1 atom stereocenters. The third kappa shape index (κ3) is 4.49. The maximum atomic E-state index is 11.4.